The van der Waals surface area contributed by atoms with Crippen molar-refractivity contribution in [3.63, 3.8) is 0 Å². The highest BCUT2D eigenvalue weighted by molar-refractivity contribution is 7.90. The Hall–Kier alpha value is -2.09. The number of hydrogen-bond acceptors (Lipinski definition) is 11. The molecular weight excluding hydrogens is 675 g/mol. The van der Waals surface area contributed by atoms with Crippen molar-refractivity contribution in [1.82, 2.24) is 9.13 Å². The van der Waals surface area contributed by atoms with E-state index in [-0.39, 0.29) is 46.9 Å². The zero-order chi connectivity index (χ0) is 36.7. The molecule has 1 saturated heterocycles. The van der Waals surface area contributed by atoms with Crippen molar-refractivity contribution in [2.24, 2.45) is 5.73 Å². The minimum atomic E-state index is -4.24. The second-order valence-electron chi connectivity index (χ2n) is 15.9. The summed E-state index contributed by atoms with van der Waals surface area (Å²) in [4.78, 5) is 39.2. The normalized spacial score (nSPS) is 24.7. The third-order valence-electron chi connectivity index (χ3n) is 10.3. The molecule has 3 heterocycles. The maximum Gasteiger partial charge on any atom is 0.333 e. The second-order valence-corrected chi connectivity index (χ2v) is 26.9. The predicted octanol–water partition coefficient (Wildman–Crippen LogP) is 4.65. The monoisotopic (exact) mass is 731 g/mol. The molecule has 2 aliphatic rings. The van der Waals surface area contributed by atoms with Gasteiger partial charge in [0.05, 0.1) is 24.3 Å². The Kier molecular flexibility index (Phi) is 12.0. The van der Waals surface area contributed by atoms with Gasteiger partial charge in [-0.2, -0.15) is 8.42 Å². The highest BCUT2D eigenvalue weighted by Gasteiger charge is 2.67. The first kappa shape index (κ1) is 40.3. The Morgan fingerprint density at radius 2 is 1.62 bits per heavy atom. The van der Waals surface area contributed by atoms with Crippen LogP contribution in [0.5, 0.6) is 0 Å². The molecule has 0 radical (unpaired) electrons. The van der Waals surface area contributed by atoms with Gasteiger partial charge in [0.15, 0.2) is 28.5 Å². The molecule has 1 spiro atoms. The van der Waals surface area contributed by atoms with Crippen LogP contribution >= 0.6 is 0 Å². The first-order valence-electron chi connectivity index (χ1n) is 16.7. The molecule has 3 rings (SSSR count). The highest BCUT2D eigenvalue weighted by atomic mass is 32.2. The molecule has 1 aromatic heterocycles. The summed E-state index contributed by atoms with van der Waals surface area (Å²) in [6, 6.07) is 0. The van der Waals surface area contributed by atoms with E-state index in [0.29, 0.717) is 25.9 Å². The van der Waals surface area contributed by atoms with Gasteiger partial charge in [-0.1, -0.05) is 48.0 Å². The van der Waals surface area contributed by atoms with E-state index in [9.17, 15) is 22.8 Å². The van der Waals surface area contributed by atoms with Crippen LogP contribution < -0.4 is 17.0 Å². The Bertz CT molecular complexity index is 1600. The summed E-state index contributed by atoms with van der Waals surface area (Å²) in [6.45, 7) is 24.2. The van der Waals surface area contributed by atoms with Gasteiger partial charge in [-0.05, 0) is 63.0 Å². The fourth-order valence-corrected chi connectivity index (χ4v) is 8.81. The van der Waals surface area contributed by atoms with Crippen LogP contribution in [-0.4, -0.2) is 71.2 Å². The van der Waals surface area contributed by atoms with E-state index < -0.39 is 62.0 Å². The highest BCUT2D eigenvalue weighted by Crippen LogP contribution is 2.52. The number of esters is 1. The number of hydrogen-bond donors (Lipinski definition) is 1. The first-order valence-corrected chi connectivity index (χ1v) is 24.0. The average molecular weight is 732 g/mol. The number of aryl methyl sites for hydroxylation is 1. The Balaban J connectivity index is 2.15. The zero-order valence-electron chi connectivity index (χ0n) is 30.8. The van der Waals surface area contributed by atoms with Crippen molar-refractivity contribution < 1.29 is 35.7 Å². The number of nitrogens with zero attached hydrogens (tertiary/aromatic N) is 2. The van der Waals surface area contributed by atoms with Crippen LogP contribution in [0.2, 0.25) is 36.3 Å². The van der Waals surface area contributed by atoms with Gasteiger partial charge in [0.25, 0.3) is 15.7 Å². The summed E-state index contributed by atoms with van der Waals surface area (Å²) >= 11 is 0. The van der Waals surface area contributed by atoms with Crippen molar-refractivity contribution in [3.05, 3.63) is 43.7 Å². The van der Waals surface area contributed by atoms with Crippen LogP contribution in [-0.2, 0) is 44.0 Å². The number of rotatable bonds is 13. The van der Waals surface area contributed by atoms with Gasteiger partial charge in [-0.15, -0.1) is 0 Å². The Labute approximate surface area is 287 Å². The van der Waals surface area contributed by atoms with E-state index in [1.807, 2.05) is 33.9 Å². The van der Waals surface area contributed by atoms with Gasteiger partial charge in [-0.25, -0.2) is 8.98 Å². The lowest BCUT2D eigenvalue weighted by Crippen LogP contribution is -2.59. The molecule has 2 N–H and O–H groups in total. The molecule has 13 nitrogen and oxygen atoms in total. The van der Waals surface area contributed by atoms with Crippen LogP contribution in [0.3, 0.4) is 0 Å². The molecule has 2 aliphatic heterocycles. The predicted molar refractivity (Wildman–Crippen MR) is 189 cm³/mol. The van der Waals surface area contributed by atoms with E-state index >= 15 is 0 Å². The quantitative estimate of drug-likeness (QED) is 0.130. The molecular formula is C32H57N3O10SSi2. The van der Waals surface area contributed by atoms with Gasteiger partial charge < -0.3 is 24.1 Å². The summed E-state index contributed by atoms with van der Waals surface area (Å²) in [5.74, 6) is -0.288. The molecule has 0 aliphatic carbocycles. The van der Waals surface area contributed by atoms with Crippen LogP contribution in [0.15, 0.2) is 26.9 Å². The molecule has 1 fully saturated rings. The Morgan fingerprint density at radius 3 is 2.15 bits per heavy atom. The summed E-state index contributed by atoms with van der Waals surface area (Å²) < 4.78 is 59.6. The molecule has 16 heteroatoms. The van der Waals surface area contributed by atoms with Gasteiger partial charge in [0, 0.05) is 24.7 Å². The fraction of sp³-hybridized carbons (Fsp3) is 0.781. The van der Waals surface area contributed by atoms with Gasteiger partial charge in [0.1, 0.15) is 12.2 Å². The molecule has 0 saturated carbocycles. The summed E-state index contributed by atoms with van der Waals surface area (Å²) in [6.07, 6.45) is -0.185. The lowest BCUT2D eigenvalue weighted by molar-refractivity contribution is -0.143. The molecule has 0 unspecified atom stereocenters. The third kappa shape index (κ3) is 8.27. The summed E-state index contributed by atoms with van der Waals surface area (Å²) in [5.41, 5.74) is 3.83. The largest absolute Gasteiger partial charge is 0.466 e. The molecule has 4 atom stereocenters. The van der Waals surface area contributed by atoms with Gasteiger partial charge >= 0.3 is 11.7 Å². The smallest absolute Gasteiger partial charge is 0.333 e. The van der Waals surface area contributed by atoms with E-state index in [0.717, 1.165) is 9.98 Å². The third-order valence-corrected chi connectivity index (χ3v) is 20.3. The molecule has 48 heavy (non-hydrogen) atoms. The summed E-state index contributed by atoms with van der Waals surface area (Å²) in [7, 11) is -9.36. The topological polar surface area (TPSA) is 167 Å². The van der Waals surface area contributed by atoms with E-state index in [2.05, 4.69) is 33.9 Å². The maximum atomic E-state index is 14.2. The number of carbonyl (C=O) groups excluding carboxylic acids is 1. The van der Waals surface area contributed by atoms with Crippen molar-refractivity contribution in [3.8, 4) is 0 Å². The molecule has 0 bridgehead atoms. The maximum absolute atomic E-state index is 14.2. The molecule has 274 valence electrons. The van der Waals surface area contributed by atoms with Crippen molar-refractivity contribution in [1.29, 1.82) is 0 Å². The first-order chi connectivity index (χ1) is 21.8. The fourth-order valence-electron chi connectivity index (χ4n) is 5.30. The number of unbranched alkanes of at least 4 members (excludes halogenated alkanes) is 2. The van der Waals surface area contributed by atoms with E-state index in [1.165, 1.54) is 10.8 Å². The second kappa shape index (κ2) is 14.3. The van der Waals surface area contributed by atoms with Crippen LogP contribution in [0, 0.1) is 6.92 Å². The molecule has 0 amide bonds. The molecule has 1 aromatic rings. The molecule has 0 aromatic carbocycles. The van der Waals surface area contributed by atoms with E-state index in [4.69, 9.17) is 28.2 Å². The standard InChI is InChI=1S/C32H57N3O10SSi2/c1-13-41-25(36)17-15-14-16-18-34-27(37)22(2)19-35(29(34)38)28-26(44-48(11,12)31(6,7)8)32(23(33)21-46(39,40)45-32)24(43-28)20-42-47(9,10)30(3,4)5/h19,21,24,26,28H,13-18,20,33H2,1-12H3/t24-,26+,28-,32-/m1/s1. The van der Waals surface area contributed by atoms with Gasteiger partial charge in [-0.3, -0.25) is 18.7 Å². The number of nitrogens with two attached hydrogens (primary N) is 1. The van der Waals surface area contributed by atoms with Crippen molar-refractivity contribution in [2.75, 3.05) is 13.2 Å². The van der Waals surface area contributed by atoms with Crippen LogP contribution in [0.25, 0.3) is 0 Å². The van der Waals surface area contributed by atoms with Crippen LogP contribution in [0.4, 0.5) is 0 Å². The minimum Gasteiger partial charge on any atom is -0.466 e. The minimum absolute atomic E-state index is 0.0672. The number of carbonyl (C=O) groups is 1. The SMILES string of the molecule is CCOC(=O)CCCCCn1c(=O)c(C)cn([C@@H]2O[C@H](CO[Si](C)(C)C(C)(C)C)[C@@]3(OS(=O)(=O)C=C3N)[C@H]2O[Si](C)(C)C(C)(C)C)c1=O. The zero-order valence-corrected chi connectivity index (χ0v) is 33.6. The summed E-state index contributed by atoms with van der Waals surface area (Å²) in [5, 5.41) is 0.387. The number of ether oxygens (including phenoxy) is 2. The van der Waals surface area contributed by atoms with Gasteiger partial charge in [0.2, 0.25) is 0 Å². The van der Waals surface area contributed by atoms with E-state index in [1.54, 1.807) is 13.8 Å². The van der Waals surface area contributed by atoms with Crippen molar-refractivity contribution in [2.45, 2.75) is 148 Å². The Morgan fingerprint density at radius 1 is 1.02 bits per heavy atom. The average Bonchev–Trinajstić information content (AvgIpc) is 3.36. The lowest BCUT2D eigenvalue weighted by atomic mass is 9.89. The van der Waals surface area contributed by atoms with Crippen LogP contribution in [0.1, 0.15) is 85.9 Å². The van der Waals surface area contributed by atoms with Crippen molar-refractivity contribution >= 4 is 32.7 Å². The lowest BCUT2D eigenvalue weighted by Gasteiger charge is -2.43. The number of aromatic nitrogens is 2.